The van der Waals surface area contributed by atoms with Gasteiger partial charge in [-0.05, 0) is 41.5 Å². The minimum absolute atomic E-state index is 0.163. The molecule has 0 saturated heterocycles. The number of aromatic amines is 1. The summed E-state index contributed by atoms with van der Waals surface area (Å²) in [5.41, 5.74) is 8.81. The van der Waals surface area contributed by atoms with Gasteiger partial charge in [-0.3, -0.25) is 9.48 Å². The number of nitrogens with two attached hydrogens (primary N) is 1. The fourth-order valence-electron chi connectivity index (χ4n) is 3.54. The van der Waals surface area contributed by atoms with Crippen LogP contribution in [0.5, 0.6) is 5.75 Å². The summed E-state index contributed by atoms with van der Waals surface area (Å²) in [4.78, 5) is 12.1. The van der Waals surface area contributed by atoms with Gasteiger partial charge in [0.15, 0.2) is 0 Å². The van der Waals surface area contributed by atoms with Crippen LogP contribution in [0.1, 0.15) is 17.0 Å². The van der Waals surface area contributed by atoms with Crippen LogP contribution in [0.25, 0.3) is 33.5 Å². The average molecular weight is 430 g/mol. The lowest BCUT2D eigenvalue weighted by molar-refractivity contribution is 0.411. The number of nitriles is 1. The van der Waals surface area contributed by atoms with Crippen LogP contribution in [0.15, 0.2) is 47.4 Å². The second kappa shape index (κ2) is 8.45. The van der Waals surface area contributed by atoms with Crippen molar-refractivity contribution < 1.29 is 9.13 Å². The quantitative estimate of drug-likeness (QED) is 0.469. The van der Waals surface area contributed by atoms with Crippen molar-refractivity contribution in [3.05, 3.63) is 75.7 Å². The smallest absolute Gasteiger partial charge is 0.272 e. The van der Waals surface area contributed by atoms with Crippen LogP contribution in [0.3, 0.4) is 0 Å². The van der Waals surface area contributed by atoms with E-state index in [0.717, 1.165) is 11.1 Å². The molecule has 0 fully saturated rings. The average Bonchev–Trinajstić information content (AvgIpc) is 3.16. The summed E-state index contributed by atoms with van der Waals surface area (Å²) in [6.45, 7) is 0.163. The third-order valence-electron chi connectivity index (χ3n) is 5.18. The number of hydrogen-bond donors (Lipinski definition) is 2. The number of benzene rings is 2. The first-order valence-electron chi connectivity index (χ1n) is 9.65. The molecule has 32 heavy (non-hydrogen) atoms. The van der Waals surface area contributed by atoms with Gasteiger partial charge in [-0.15, -0.1) is 0 Å². The van der Waals surface area contributed by atoms with Crippen LogP contribution in [-0.4, -0.2) is 27.1 Å². The zero-order valence-corrected chi connectivity index (χ0v) is 17.4. The number of H-pyrrole nitrogens is 1. The Labute approximate surface area is 182 Å². The maximum absolute atomic E-state index is 14.0. The normalized spacial score (nSPS) is 11.5. The number of nitrogens with one attached hydrogen (secondary N) is 1. The molecule has 2 aromatic heterocycles. The maximum atomic E-state index is 14.0. The van der Waals surface area contributed by atoms with Gasteiger partial charge in [-0.2, -0.15) is 15.5 Å². The second-order valence-electron chi connectivity index (χ2n) is 7.08. The first-order chi connectivity index (χ1) is 15.4. The minimum Gasteiger partial charge on any atom is -0.497 e. The Kier molecular flexibility index (Phi) is 5.54. The first kappa shape index (κ1) is 21.0. The standard InChI is InChI=1S/C23H19FN6O2/c1-30-22(8-15(10-25)14-5-16(24)9-17(6-14)32-2)20(12-27-30)13-3-4-18-19(7-13)21(11-26)28-29-23(18)31/h3-9,12H,11,26H2,1-2H3,(H,29,31)/b15-8+. The van der Waals surface area contributed by atoms with Gasteiger partial charge in [0.05, 0.1) is 41.7 Å². The number of allylic oxidation sites excluding steroid dienone is 1. The van der Waals surface area contributed by atoms with Crippen LogP contribution >= 0.6 is 0 Å². The van der Waals surface area contributed by atoms with Crippen molar-refractivity contribution in [3.8, 4) is 22.9 Å². The Morgan fingerprint density at radius 2 is 2.12 bits per heavy atom. The topological polar surface area (TPSA) is 123 Å². The van der Waals surface area contributed by atoms with Crippen molar-refractivity contribution in [1.29, 1.82) is 5.26 Å². The van der Waals surface area contributed by atoms with Gasteiger partial charge < -0.3 is 10.5 Å². The molecule has 0 atom stereocenters. The molecular formula is C23H19FN6O2. The summed E-state index contributed by atoms with van der Waals surface area (Å²) in [5, 5.41) is 21.7. The van der Waals surface area contributed by atoms with E-state index in [1.54, 1.807) is 42.2 Å². The molecule has 0 aliphatic rings. The number of nitrogens with zero attached hydrogens (tertiary/aromatic N) is 4. The largest absolute Gasteiger partial charge is 0.497 e. The Morgan fingerprint density at radius 3 is 2.84 bits per heavy atom. The van der Waals surface area contributed by atoms with E-state index >= 15 is 0 Å². The molecule has 2 aromatic carbocycles. The molecule has 0 bridgehead atoms. The van der Waals surface area contributed by atoms with E-state index in [1.807, 2.05) is 6.07 Å². The van der Waals surface area contributed by atoms with E-state index < -0.39 is 5.82 Å². The Bertz CT molecular complexity index is 1460. The van der Waals surface area contributed by atoms with Gasteiger partial charge in [-0.1, -0.05) is 6.07 Å². The molecule has 160 valence electrons. The molecule has 0 radical (unpaired) electrons. The third kappa shape index (κ3) is 3.75. The summed E-state index contributed by atoms with van der Waals surface area (Å²) in [6.07, 6.45) is 3.30. The summed E-state index contributed by atoms with van der Waals surface area (Å²) >= 11 is 0. The first-order valence-corrected chi connectivity index (χ1v) is 9.65. The number of aryl methyl sites for hydroxylation is 1. The number of fused-ring (bicyclic) bond motifs is 1. The van der Waals surface area contributed by atoms with Crippen LogP contribution in [0, 0.1) is 17.1 Å². The number of ether oxygens (including phenoxy) is 1. The van der Waals surface area contributed by atoms with Crippen LogP contribution < -0.4 is 16.0 Å². The van der Waals surface area contributed by atoms with E-state index in [9.17, 15) is 14.4 Å². The van der Waals surface area contributed by atoms with Gasteiger partial charge >= 0.3 is 0 Å². The number of aromatic nitrogens is 4. The van der Waals surface area contributed by atoms with E-state index in [4.69, 9.17) is 10.5 Å². The molecule has 4 rings (SSSR count). The summed E-state index contributed by atoms with van der Waals surface area (Å²) in [7, 11) is 3.18. The van der Waals surface area contributed by atoms with Gasteiger partial charge in [0.2, 0.25) is 0 Å². The number of hydrogen-bond acceptors (Lipinski definition) is 6. The van der Waals surface area contributed by atoms with Crippen molar-refractivity contribution in [1.82, 2.24) is 20.0 Å². The monoisotopic (exact) mass is 430 g/mol. The predicted molar refractivity (Wildman–Crippen MR) is 119 cm³/mol. The summed E-state index contributed by atoms with van der Waals surface area (Å²) in [5.74, 6) is -0.194. The maximum Gasteiger partial charge on any atom is 0.272 e. The molecule has 0 spiro atoms. The molecular weight excluding hydrogens is 411 g/mol. The number of methoxy groups -OCH3 is 1. The van der Waals surface area contributed by atoms with E-state index in [0.29, 0.717) is 33.5 Å². The van der Waals surface area contributed by atoms with Crippen molar-refractivity contribution in [3.63, 3.8) is 0 Å². The van der Waals surface area contributed by atoms with Crippen LogP contribution in [0.2, 0.25) is 0 Å². The predicted octanol–water partition coefficient (Wildman–Crippen LogP) is 2.99. The van der Waals surface area contributed by atoms with Gasteiger partial charge in [0.1, 0.15) is 11.6 Å². The molecule has 2 heterocycles. The lowest BCUT2D eigenvalue weighted by Gasteiger charge is -2.08. The highest BCUT2D eigenvalue weighted by Crippen LogP contribution is 2.30. The van der Waals surface area contributed by atoms with E-state index in [2.05, 4.69) is 21.4 Å². The number of rotatable bonds is 5. The molecule has 0 aliphatic carbocycles. The molecule has 0 amide bonds. The summed E-state index contributed by atoms with van der Waals surface area (Å²) in [6, 6.07) is 11.6. The SMILES string of the molecule is COc1cc(F)cc(/C(C#N)=C/c2c(-c3ccc4c(=O)[nH]nc(CN)c4c3)cnn2C)c1. The number of halogens is 1. The Morgan fingerprint density at radius 1 is 1.31 bits per heavy atom. The Hall–Kier alpha value is -4.29. The highest BCUT2D eigenvalue weighted by Gasteiger charge is 2.14. The highest BCUT2D eigenvalue weighted by molar-refractivity contribution is 5.94. The third-order valence-corrected chi connectivity index (χ3v) is 5.18. The summed E-state index contributed by atoms with van der Waals surface area (Å²) < 4.78 is 20.7. The molecule has 0 unspecified atom stereocenters. The lowest BCUT2D eigenvalue weighted by atomic mass is 9.99. The highest BCUT2D eigenvalue weighted by atomic mass is 19.1. The zero-order valence-electron chi connectivity index (χ0n) is 17.4. The van der Waals surface area contributed by atoms with Gasteiger partial charge in [0.25, 0.3) is 5.56 Å². The van der Waals surface area contributed by atoms with Crippen molar-refractivity contribution in [2.45, 2.75) is 6.54 Å². The molecule has 9 heteroatoms. The van der Waals surface area contributed by atoms with Crippen LogP contribution in [0.4, 0.5) is 4.39 Å². The van der Waals surface area contributed by atoms with E-state index in [-0.39, 0.29) is 17.7 Å². The van der Waals surface area contributed by atoms with Crippen molar-refractivity contribution in [2.75, 3.05) is 7.11 Å². The van der Waals surface area contributed by atoms with Crippen LogP contribution in [-0.2, 0) is 13.6 Å². The Balaban J connectivity index is 1.88. The van der Waals surface area contributed by atoms with E-state index in [1.165, 1.54) is 19.2 Å². The van der Waals surface area contributed by atoms with Crippen molar-refractivity contribution in [2.24, 2.45) is 12.8 Å². The van der Waals surface area contributed by atoms with Crippen molar-refractivity contribution >= 4 is 22.4 Å². The molecule has 0 saturated carbocycles. The minimum atomic E-state index is -0.507. The van der Waals surface area contributed by atoms with Gasteiger partial charge in [0, 0.05) is 30.6 Å². The fraction of sp³-hybridized carbons (Fsp3) is 0.130. The molecule has 8 nitrogen and oxygen atoms in total. The molecule has 4 aromatic rings. The lowest BCUT2D eigenvalue weighted by Crippen LogP contribution is -2.13. The zero-order chi connectivity index (χ0) is 22.8. The van der Waals surface area contributed by atoms with Gasteiger partial charge in [-0.25, -0.2) is 9.49 Å². The fourth-order valence-corrected chi connectivity index (χ4v) is 3.54. The second-order valence-corrected chi connectivity index (χ2v) is 7.08. The molecule has 3 N–H and O–H groups in total. The molecule has 0 aliphatic heterocycles.